The number of amides is 1. The van der Waals surface area contributed by atoms with Crippen LogP contribution < -0.4 is 0 Å². The summed E-state index contributed by atoms with van der Waals surface area (Å²) in [6.45, 7) is 5.18. The Hall–Kier alpha value is -3.33. The van der Waals surface area contributed by atoms with Crippen LogP contribution in [0.2, 0.25) is 0 Å². The van der Waals surface area contributed by atoms with E-state index in [2.05, 4.69) is 24.4 Å². The summed E-state index contributed by atoms with van der Waals surface area (Å²) in [4.78, 5) is 13.9. The van der Waals surface area contributed by atoms with Crippen molar-refractivity contribution in [1.82, 2.24) is 4.90 Å². The Labute approximate surface area is 178 Å². The van der Waals surface area contributed by atoms with Gasteiger partial charge in [0.25, 0.3) is 0 Å². The molecule has 30 heavy (non-hydrogen) atoms. The molecule has 1 saturated heterocycles. The molecule has 0 aromatic heterocycles. The molecule has 3 rings (SSSR count). The number of rotatable bonds is 10. The largest absolute Gasteiger partial charge is 0.447 e. The standard InChI is InChI=1S/C26H27NO3/c1-2-24(17-9-10-18-29-19-11-16-22-12-5-3-6-13-22)27-25(21-30-26(27)28)20-23-14-7-4-8-15-23/h3-16,25H,1,17-21H2/b10-9+,16-11+/t25-/m1/s1. The van der Waals surface area contributed by atoms with Crippen molar-refractivity contribution in [2.75, 3.05) is 19.8 Å². The van der Waals surface area contributed by atoms with Gasteiger partial charge in [-0.15, -0.1) is 5.73 Å². The Kier molecular flexibility index (Phi) is 8.28. The van der Waals surface area contributed by atoms with Crippen LogP contribution in [0.25, 0.3) is 6.08 Å². The average Bonchev–Trinajstić information content (AvgIpc) is 3.14. The summed E-state index contributed by atoms with van der Waals surface area (Å²) in [5.41, 5.74) is 5.95. The Balaban J connectivity index is 1.45. The molecule has 2 aromatic carbocycles. The highest BCUT2D eigenvalue weighted by Crippen LogP contribution is 2.23. The molecule has 1 atom stereocenters. The number of ether oxygens (including phenoxy) is 2. The molecule has 1 aliphatic heterocycles. The molecule has 0 spiro atoms. The fraction of sp³-hybridized carbons (Fsp3) is 0.231. The quantitative estimate of drug-likeness (QED) is 0.304. The van der Waals surface area contributed by atoms with E-state index < -0.39 is 0 Å². The van der Waals surface area contributed by atoms with Gasteiger partial charge < -0.3 is 9.47 Å². The third-order valence-electron chi connectivity index (χ3n) is 4.79. The Morgan fingerprint density at radius 1 is 1.07 bits per heavy atom. The van der Waals surface area contributed by atoms with Crippen LogP contribution >= 0.6 is 0 Å². The van der Waals surface area contributed by atoms with Crippen molar-refractivity contribution in [2.24, 2.45) is 0 Å². The first-order valence-corrected chi connectivity index (χ1v) is 10.1. The highest BCUT2D eigenvalue weighted by Gasteiger charge is 2.35. The second-order valence-corrected chi connectivity index (χ2v) is 6.94. The van der Waals surface area contributed by atoms with Crippen LogP contribution in [-0.2, 0) is 15.9 Å². The van der Waals surface area contributed by atoms with Crippen molar-refractivity contribution < 1.29 is 14.3 Å². The van der Waals surface area contributed by atoms with Crippen molar-refractivity contribution in [3.05, 3.63) is 108 Å². The molecule has 0 N–H and O–H groups in total. The van der Waals surface area contributed by atoms with E-state index in [0.717, 1.165) is 17.7 Å². The predicted molar refractivity (Wildman–Crippen MR) is 120 cm³/mol. The second-order valence-electron chi connectivity index (χ2n) is 6.94. The molecule has 0 radical (unpaired) electrons. The van der Waals surface area contributed by atoms with Crippen molar-refractivity contribution in [3.8, 4) is 0 Å². The zero-order valence-electron chi connectivity index (χ0n) is 17.1. The first-order valence-electron chi connectivity index (χ1n) is 10.1. The maximum Gasteiger partial charge on any atom is 0.414 e. The molecule has 0 bridgehead atoms. The molecular formula is C26H27NO3. The molecule has 0 saturated carbocycles. The van der Waals surface area contributed by atoms with Crippen LogP contribution in [0.5, 0.6) is 0 Å². The van der Waals surface area contributed by atoms with E-state index >= 15 is 0 Å². The molecule has 1 aliphatic rings. The highest BCUT2D eigenvalue weighted by molar-refractivity contribution is 5.72. The molecule has 1 amide bonds. The molecule has 1 fully saturated rings. The summed E-state index contributed by atoms with van der Waals surface area (Å²) in [6, 6.07) is 20.2. The minimum Gasteiger partial charge on any atom is -0.447 e. The zero-order valence-corrected chi connectivity index (χ0v) is 17.1. The van der Waals surface area contributed by atoms with Gasteiger partial charge in [0, 0.05) is 6.42 Å². The van der Waals surface area contributed by atoms with Gasteiger partial charge in [-0.05, 0) is 17.5 Å². The number of cyclic esters (lactones) is 1. The summed E-state index contributed by atoms with van der Waals surface area (Å²) >= 11 is 0. The SMILES string of the molecule is C=C=C(C/C=C/COC/C=C/c1ccccc1)N1C(=O)OC[C@H]1Cc1ccccc1. The number of carbonyl (C=O) groups is 1. The fourth-order valence-electron chi connectivity index (χ4n) is 3.30. The normalized spacial score (nSPS) is 16.2. The van der Waals surface area contributed by atoms with E-state index in [1.165, 1.54) is 5.56 Å². The topological polar surface area (TPSA) is 38.8 Å². The first kappa shape index (κ1) is 21.4. The maximum atomic E-state index is 12.3. The summed E-state index contributed by atoms with van der Waals surface area (Å²) in [7, 11) is 0. The summed E-state index contributed by atoms with van der Waals surface area (Å²) in [5, 5.41) is 0. The number of allylic oxidation sites excluding steroid dienone is 1. The third kappa shape index (κ3) is 6.35. The van der Waals surface area contributed by atoms with E-state index in [0.29, 0.717) is 26.2 Å². The molecule has 4 heteroatoms. The van der Waals surface area contributed by atoms with Gasteiger partial charge in [0.05, 0.1) is 25.0 Å². The summed E-state index contributed by atoms with van der Waals surface area (Å²) < 4.78 is 10.9. The molecule has 154 valence electrons. The summed E-state index contributed by atoms with van der Waals surface area (Å²) in [5.74, 6) is 0. The minimum absolute atomic E-state index is 0.0445. The fourth-order valence-corrected chi connectivity index (χ4v) is 3.30. The predicted octanol–water partition coefficient (Wildman–Crippen LogP) is 5.40. The van der Waals surface area contributed by atoms with Gasteiger partial charge in [0.15, 0.2) is 0 Å². The summed E-state index contributed by atoms with van der Waals surface area (Å²) in [6.07, 6.45) is 8.89. The minimum atomic E-state index is -0.335. The van der Waals surface area contributed by atoms with Gasteiger partial charge in [0.2, 0.25) is 0 Å². The first-order chi connectivity index (χ1) is 14.8. The van der Waals surface area contributed by atoms with Crippen LogP contribution in [0.4, 0.5) is 4.79 Å². The third-order valence-corrected chi connectivity index (χ3v) is 4.79. The van der Waals surface area contributed by atoms with E-state index in [9.17, 15) is 4.79 Å². The number of hydrogen-bond acceptors (Lipinski definition) is 3. The van der Waals surface area contributed by atoms with Gasteiger partial charge in [-0.25, -0.2) is 4.79 Å². The van der Waals surface area contributed by atoms with Gasteiger partial charge in [-0.3, -0.25) is 4.90 Å². The van der Waals surface area contributed by atoms with Crippen molar-refractivity contribution in [3.63, 3.8) is 0 Å². The van der Waals surface area contributed by atoms with Crippen molar-refractivity contribution >= 4 is 12.2 Å². The molecule has 0 unspecified atom stereocenters. The van der Waals surface area contributed by atoms with E-state index in [1.54, 1.807) is 4.90 Å². The Morgan fingerprint density at radius 2 is 1.77 bits per heavy atom. The van der Waals surface area contributed by atoms with E-state index in [1.807, 2.05) is 72.8 Å². The number of benzene rings is 2. The maximum absolute atomic E-state index is 12.3. The Morgan fingerprint density at radius 3 is 2.50 bits per heavy atom. The van der Waals surface area contributed by atoms with Crippen LogP contribution in [0, 0.1) is 0 Å². The Bertz CT molecular complexity index is 912. The van der Waals surface area contributed by atoms with Crippen LogP contribution in [-0.4, -0.2) is 36.9 Å². The average molecular weight is 402 g/mol. The number of nitrogens with zero attached hydrogens (tertiary/aromatic N) is 1. The van der Waals surface area contributed by atoms with E-state index in [-0.39, 0.29) is 12.1 Å². The van der Waals surface area contributed by atoms with Gasteiger partial charge in [-0.2, -0.15) is 0 Å². The van der Waals surface area contributed by atoms with Crippen LogP contribution in [0.3, 0.4) is 0 Å². The molecule has 0 aliphatic carbocycles. The monoisotopic (exact) mass is 401 g/mol. The lowest BCUT2D eigenvalue weighted by Gasteiger charge is -2.22. The smallest absolute Gasteiger partial charge is 0.414 e. The lowest BCUT2D eigenvalue weighted by Crippen LogP contribution is -2.34. The van der Waals surface area contributed by atoms with Crippen molar-refractivity contribution in [1.29, 1.82) is 0 Å². The van der Waals surface area contributed by atoms with Gasteiger partial charge in [0.1, 0.15) is 6.61 Å². The second kappa shape index (κ2) is 11.6. The number of carbonyl (C=O) groups excluding carboxylic acids is 1. The molecule has 4 nitrogen and oxygen atoms in total. The van der Waals surface area contributed by atoms with Crippen LogP contribution in [0.1, 0.15) is 17.5 Å². The zero-order chi connectivity index (χ0) is 21.0. The van der Waals surface area contributed by atoms with Crippen LogP contribution in [0.15, 0.2) is 96.9 Å². The van der Waals surface area contributed by atoms with Gasteiger partial charge in [-0.1, -0.05) is 91.5 Å². The van der Waals surface area contributed by atoms with Crippen molar-refractivity contribution in [2.45, 2.75) is 18.9 Å². The number of hydrogen-bond donors (Lipinski definition) is 0. The van der Waals surface area contributed by atoms with Gasteiger partial charge >= 0.3 is 6.09 Å². The molecule has 2 aromatic rings. The highest BCUT2D eigenvalue weighted by atomic mass is 16.6. The lowest BCUT2D eigenvalue weighted by molar-refractivity contribution is 0.164. The molecular weight excluding hydrogens is 374 g/mol. The lowest BCUT2D eigenvalue weighted by atomic mass is 10.1. The van der Waals surface area contributed by atoms with E-state index in [4.69, 9.17) is 9.47 Å². The molecule has 1 heterocycles.